The number of hydrogen-bond donors (Lipinski definition) is 2. The van der Waals surface area contributed by atoms with Gasteiger partial charge >= 0.3 is 0 Å². The van der Waals surface area contributed by atoms with Crippen LogP contribution in [0, 0.1) is 11.7 Å². The molecule has 2 aromatic carbocycles. The van der Waals surface area contributed by atoms with Crippen LogP contribution in [0.1, 0.15) is 49.0 Å². The first-order valence-corrected chi connectivity index (χ1v) is 12.6. The van der Waals surface area contributed by atoms with Gasteiger partial charge in [0, 0.05) is 24.5 Å². The van der Waals surface area contributed by atoms with Crippen LogP contribution in [0.4, 0.5) is 4.39 Å². The van der Waals surface area contributed by atoms with E-state index in [1.807, 2.05) is 13.8 Å². The van der Waals surface area contributed by atoms with Gasteiger partial charge in [0.05, 0.1) is 18.2 Å². The molecule has 3 amide bonds. The predicted molar refractivity (Wildman–Crippen MR) is 137 cm³/mol. The van der Waals surface area contributed by atoms with Gasteiger partial charge in [-0.05, 0) is 61.1 Å². The molecular formula is C27H33ClFN3O4. The number of nitrogens with zero attached hydrogens (tertiary/aromatic N) is 1. The average Bonchev–Trinajstić information content (AvgIpc) is 2.85. The lowest BCUT2D eigenvalue weighted by Crippen LogP contribution is -2.48. The predicted octanol–water partition coefficient (Wildman–Crippen LogP) is 3.98. The van der Waals surface area contributed by atoms with Crippen LogP contribution in [-0.2, 0) is 16.0 Å². The van der Waals surface area contributed by atoms with Crippen molar-refractivity contribution in [1.82, 2.24) is 15.5 Å². The van der Waals surface area contributed by atoms with Crippen molar-refractivity contribution >= 4 is 29.3 Å². The number of hydrogen-bond acceptors (Lipinski definition) is 4. The maximum absolute atomic E-state index is 13.2. The first-order chi connectivity index (χ1) is 17.2. The van der Waals surface area contributed by atoms with Gasteiger partial charge in [-0.25, -0.2) is 4.39 Å². The molecule has 0 aliphatic carbocycles. The summed E-state index contributed by atoms with van der Waals surface area (Å²) in [4.78, 5) is 40.2. The van der Waals surface area contributed by atoms with E-state index in [0.29, 0.717) is 48.7 Å². The van der Waals surface area contributed by atoms with Crippen LogP contribution in [0.2, 0.25) is 5.02 Å². The van der Waals surface area contributed by atoms with Crippen LogP contribution in [0.15, 0.2) is 42.5 Å². The Hall–Kier alpha value is -3.13. The average molecular weight is 518 g/mol. The summed E-state index contributed by atoms with van der Waals surface area (Å²) in [6.45, 7) is 4.81. The molecule has 2 N–H and O–H groups in total. The minimum atomic E-state index is -0.328. The van der Waals surface area contributed by atoms with Crippen molar-refractivity contribution in [3.63, 3.8) is 0 Å². The Morgan fingerprint density at radius 3 is 2.64 bits per heavy atom. The number of amides is 3. The lowest BCUT2D eigenvalue weighted by Gasteiger charge is -2.26. The van der Waals surface area contributed by atoms with E-state index in [9.17, 15) is 18.8 Å². The number of rotatable bonds is 4. The molecule has 2 aromatic rings. The Morgan fingerprint density at radius 2 is 1.92 bits per heavy atom. The van der Waals surface area contributed by atoms with Crippen LogP contribution < -0.4 is 15.4 Å². The third-order valence-corrected chi connectivity index (χ3v) is 6.36. The number of halogens is 2. The standard InChI is InChI=1S/C27H33ClFN3O4/c1-18(2)23-17-36-24-11-8-20(28)15-22(24)27(35)30-13-3-4-14-32(16-25(33)31-23)26(34)12-7-19-5-9-21(29)10-6-19/h5-6,8-11,15,18,23H,3-4,7,12-14,16-17H2,1-2H3,(H,30,35)(H,31,33)/t23-/m1/s1. The highest BCUT2D eigenvalue weighted by Crippen LogP contribution is 2.24. The molecular weight excluding hydrogens is 485 g/mol. The van der Waals surface area contributed by atoms with E-state index in [1.54, 1.807) is 35.2 Å². The van der Waals surface area contributed by atoms with Crippen LogP contribution >= 0.6 is 11.6 Å². The summed E-state index contributed by atoms with van der Waals surface area (Å²) in [5.74, 6) is -0.592. The van der Waals surface area contributed by atoms with Gasteiger partial charge in [0.15, 0.2) is 0 Å². The topological polar surface area (TPSA) is 87.7 Å². The number of nitrogens with one attached hydrogen (secondary N) is 2. The normalized spacial score (nSPS) is 17.8. The van der Waals surface area contributed by atoms with E-state index in [0.717, 1.165) is 5.56 Å². The maximum Gasteiger partial charge on any atom is 0.255 e. The molecule has 36 heavy (non-hydrogen) atoms. The highest BCUT2D eigenvalue weighted by atomic mass is 35.5. The van der Waals surface area contributed by atoms with Crippen molar-refractivity contribution in [3.05, 3.63) is 64.4 Å². The van der Waals surface area contributed by atoms with Gasteiger partial charge in [-0.2, -0.15) is 0 Å². The monoisotopic (exact) mass is 517 g/mol. The summed E-state index contributed by atoms with van der Waals surface area (Å²) in [5.41, 5.74) is 1.19. The van der Waals surface area contributed by atoms with Gasteiger partial charge in [0.25, 0.3) is 5.91 Å². The van der Waals surface area contributed by atoms with Gasteiger partial charge in [0.1, 0.15) is 18.2 Å². The molecule has 0 unspecified atom stereocenters. The molecule has 0 bridgehead atoms. The van der Waals surface area contributed by atoms with E-state index >= 15 is 0 Å². The molecule has 1 aliphatic rings. The van der Waals surface area contributed by atoms with Crippen LogP contribution in [-0.4, -0.2) is 54.9 Å². The third-order valence-electron chi connectivity index (χ3n) is 6.12. The molecule has 0 saturated heterocycles. The summed E-state index contributed by atoms with van der Waals surface area (Å²) in [6.07, 6.45) is 1.90. The second kappa shape index (κ2) is 13.3. The lowest BCUT2D eigenvalue weighted by molar-refractivity contribution is -0.136. The summed E-state index contributed by atoms with van der Waals surface area (Å²) < 4.78 is 19.1. The number of ether oxygens (including phenoxy) is 1. The first kappa shape index (κ1) is 27.5. The van der Waals surface area contributed by atoms with Gasteiger partial charge in [-0.1, -0.05) is 37.6 Å². The second-order valence-electron chi connectivity index (χ2n) is 9.27. The fourth-order valence-corrected chi connectivity index (χ4v) is 4.06. The van der Waals surface area contributed by atoms with E-state index in [2.05, 4.69) is 10.6 Å². The van der Waals surface area contributed by atoms with Crippen molar-refractivity contribution < 1.29 is 23.5 Å². The molecule has 0 radical (unpaired) electrons. The smallest absolute Gasteiger partial charge is 0.255 e. The largest absolute Gasteiger partial charge is 0.491 e. The Balaban J connectivity index is 1.72. The summed E-state index contributed by atoms with van der Waals surface area (Å²) in [7, 11) is 0. The lowest BCUT2D eigenvalue weighted by atomic mass is 10.1. The van der Waals surface area contributed by atoms with E-state index in [-0.39, 0.29) is 55.1 Å². The van der Waals surface area contributed by atoms with Crippen LogP contribution in [0.25, 0.3) is 0 Å². The molecule has 1 atom stereocenters. The maximum atomic E-state index is 13.2. The van der Waals surface area contributed by atoms with Gasteiger partial charge in [-0.3, -0.25) is 14.4 Å². The number of aryl methyl sites for hydroxylation is 1. The fourth-order valence-electron chi connectivity index (χ4n) is 3.89. The second-order valence-corrected chi connectivity index (χ2v) is 9.71. The molecule has 194 valence electrons. The van der Waals surface area contributed by atoms with Crippen molar-refractivity contribution in [2.24, 2.45) is 5.92 Å². The van der Waals surface area contributed by atoms with Crippen molar-refractivity contribution in [1.29, 1.82) is 0 Å². The van der Waals surface area contributed by atoms with E-state index in [1.165, 1.54) is 12.1 Å². The summed E-state index contributed by atoms with van der Waals surface area (Å²) >= 11 is 6.11. The van der Waals surface area contributed by atoms with Crippen molar-refractivity contribution in [2.75, 3.05) is 26.2 Å². The van der Waals surface area contributed by atoms with Crippen LogP contribution in [0.3, 0.4) is 0 Å². The van der Waals surface area contributed by atoms with Gasteiger partial charge in [0.2, 0.25) is 11.8 Å². The minimum Gasteiger partial charge on any atom is -0.491 e. The van der Waals surface area contributed by atoms with Crippen LogP contribution in [0.5, 0.6) is 5.75 Å². The highest BCUT2D eigenvalue weighted by molar-refractivity contribution is 6.31. The summed E-state index contributed by atoms with van der Waals surface area (Å²) in [5, 5.41) is 6.28. The Kier molecular flexibility index (Phi) is 10.1. The SMILES string of the molecule is CC(C)[C@H]1COc2ccc(Cl)cc2C(=O)NCCCCN(C(=O)CCc2ccc(F)cc2)CC(=O)N1. The highest BCUT2D eigenvalue weighted by Gasteiger charge is 2.23. The van der Waals surface area contributed by atoms with Gasteiger partial charge in [-0.15, -0.1) is 0 Å². The number of fused-ring (bicyclic) bond motifs is 1. The summed E-state index contributed by atoms with van der Waals surface area (Å²) in [6, 6.07) is 10.6. The number of carbonyl (C=O) groups excluding carboxylic acids is 3. The molecule has 1 aliphatic heterocycles. The zero-order chi connectivity index (χ0) is 26.1. The Labute approximate surface area is 216 Å². The Morgan fingerprint density at radius 1 is 1.17 bits per heavy atom. The molecule has 0 fully saturated rings. The zero-order valence-electron chi connectivity index (χ0n) is 20.7. The number of benzene rings is 2. The zero-order valence-corrected chi connectivity index (χ0v) is 21.4. The fraction of sp³-hybridized carbons (Fsp3) is 0.444. The molecule has 9 heteroatoms. The minimum absolute atomic E-state index is 0.0526. The molecule has 7 nitrogen and oxygen atoms in total. The molecule has 0 spiro atoms. The molecule has 1 heterocycles. The first-order valence-electron chi connectivity index (χ1n) is 12.2. The van der Waals surface area contributed by atoms with Crippen molar-refractivity contribution in [2.45, 2.75) is 45.6 Å². The van der Waals surface area contributed by atoms with Gasteiger partial charge < -0.3 is 20.3 Å². The Bertz CT molecular complexity index is 1060. The number of carbonyl (C=O) groups is 3. The third kappa shape index (κ3) is 8.22. The van der Waals surface area contributed by atoms with Crippen molar-refractivity contribution in [3.8, 4) is 5.75 Å². The van der Waals surface area contributed by atoms with E-state index < -0.39 is 0 Å². The molecule has 0 aromatic heterocycles. The van der Waals surface area contributed by atoms with E-state index in [4.69, 9.17) is 16.3 Å². The molecule has 0 saturated carbocycles. The quantitative estimate of drug-likeness (QED) is 0.642. The molecule has 3 rings (SSSR count).